The molecule has 5 rings (SSSR count). The van der Waals surface area contributed by atoms with E-state index in [0.717, 1.165) is 48.3 Å². The van der Waals surface area contributed by atoms with Crippen LogP contribution in [-0.4, -0.2) is 22.6 Å². The quantitative estimate of drug-likeness (QED) is 0.408. The van der Waals surface area contributed by atoms with Crippen molar-refractivity contribution in [1.29, 1.82) is 0 Å². The summed E-state index contributed by atoms with van der Waals surface area (Å²) < 4.78 is 37.6. The van der Waals surface area contributed by atoms with Crippen LogP contribution < -0.4 is 10.0 Å². The number of hydrogen-bond acceptors (Lipinski definition) is 2. The van der Waals surface area contributed by atoms with Gasteiger partial charge in [0.1, 0.15) is 5.69 Å². The molecule has 2 aromatic carbocycles. The van der Waals surface area contributed by atoms with E-state index in [2.05, 4.69) is 47.3 Å². The first-order valence-corrected chi connectivity index (χ1v) is 13.5. The fourth-order valence-electron chi connectivity index (χ4n) is 4.35. The van der Waals surface area contributed by atoms with Crippen molar-refractivity contribution in [2.75, 3.05) is 5.32 Å². The molecule has 1 aromatic heterocycles. The van der Waals surface area contributed by atoms with Crippen molar-refractivity contribution in [3.05, 3.63) is 89.3 Å². The van der Waals surface area contributed by atoms with Crippen molar-refractivity contribution in [2.24, 2.45) is 17.3 Å². The Hall–Kier alpha value is -3.10. The van der Waals surface area contributed by atoms with Crippen LogP contribution in [0.3, 0.4) is 0 Å². The van der Waals surface area contributed by atoms with E-state index in [-0.39, 0.29) is 17.6 Å². The number of anilines is 1. The summed E-state index contributed by atoms with van der Waals surface area (Å²) in [4.78, 5) is 14.2. The van der Waals surface area contributed by atoms with Gasteiger partial charge in [-0.3, -0.25) is 4.79 Å². The number of benzene rings is 2. The van der Waals surface area contributed by atoms with Gasteiger partial charge in [-0.2, -0.15) is 0 Å². The van der Waals surface area contributed by atoms with Crippen LogP contribution in [-0.2, 0) is 24.3 Å². The molecule has 5 nitrogen and oxygen atoms in total. The first-order chi connectivity index (χ1) is 17.4. The molecule has 2 aliphatic rings. The zero-order chi connectivity index (χ0) is 25.2. The predicted molar refractivity (Wildman–Crippen MR) is 141 cm³/mol. The maximum atomic E-state index is 13.7. The number of rotatable bonds is 7. The van der Waals surface area contributed by atoms with E-state index in [4.69, 9.17) is 4.36 Å². The van der Waals surface area contributed by atoms with E-state index < -0.39 is 22.5 Å². The average Bonchev–Trinajstić information content (AvgIpc) is 3.65. The molecule has 36 heavy (non-hydrogen) atoms. The summed E-state index contributed by atoms with van der Waals surface area (Å²) in [5.74, 6) is -1.96. The number of fused-ring (bicyclic) bond motifs is 1. The van der Waals surface area contributed by atoms with Crippen LogP contribution in [0.4, 0.5) is 14.5 Å². The Kier molecular flexibility index (Phi) is 7.16. The lowest BCUT2D eigenvalue weighted by atomic mass is 9.94. The zero-order valence-electron chi connectivity index (χ0n) is 20.4. The Bertz CT molecular complexity index is 1330. The summed E-state index contributed by atoms with van der Waals surface area (Å²) in [7, 11) is 1.26. The molecule has 8 heteroatoms. The van der Waals surface area contributed by atoms with Crippen LogP contribution in [0, 0.1) is 17.6 Å². The second-order valence-corrected chi connectivity index (χ2v) is 11.0. The number of carbonyl (C=O) groups excluding carboxylic acids is 1. The summed E-state index contributed by atoms with van der Waals surface area (Å²) in [6.45, 7) is 2.25. The Balaban J connectivity index is 1.41. The van der Waals surface area contributed by atoms with Gasteiger partial charge in [0, 0.05) is 47.5 Å². The molecule has 188 valence electrons. The lowest BCUT2D eigenvalue weighted by Crippen LogP contribution is -2.34. The first kappa shape index (κ1) is 24.6. The first-order valence-electron chi connectivity index (χ1n) is 12.3. The highest BCUT2D eigenvalue weighted by molar-refractivity contribution is 7.85. The van der Waals surface area contributed by atoms with Crippen LogP contribution in [0.1, 0.15) is 47.8 Å². The molecule has 3 unspecified atom stereocenters. The zero-order valence-corrected chi connectivity index (χ0v) is 21.2. The van der Waals surface area contributed by atoms with Gasteiger partial charge in [-0.05, 0) is 49.3 Å². The molecule has 1 aliphatic heterocycles. The largest absolute Gasteiger partial charge is 0.345 e. The molecule has 0 saturated heterocycles. The molecule has 2 N–H and O–H groups in total. The molecule has 1 aliphatic carbocycles. The third kappa shape index (κ3) is 5.50. The normalized spacial score (nSPS) is 20.1. The van der Waals surface area contributed by atoms with Crippen molar-refractivity contribution >= 4 is 28.5 Å². The maximum absolute atomic E-state index is 13.7. The Morgan fingerprint density at radius 3 is 2.69 bits per heavy atom. The Morgan fingerprint density at radius 2 is 1.97 bits per heavy atom. The molecule has 1 saturated carbocycles. The maximum Gasteiger partial charge on any atom is 0.272 e. The predicted octanol–water partition coefficient (Wildman–Crippen LogP) is 6.05. The molecule has 1 amide bonds. The highest BCUT2D eigenvalue weighted by atomic mass is 32.2. The van der Waals surface area contributed by atoms with Gasteiger partial charge < -0.3 is 9.88 Å². The highest BCUT2D eigenvalue weighted by Crippen LogP contribution is 2.32. The van der Waals surface area contributed by atoms with E-state index in [1.54, 1.807) is 4.57 Å². The topological polar surface area (TPSA) is 58.4 Å². The minimum Gasteiger partial charge on any atom is -0.345 e. The molecular weight excluding hydrogens is 478 g/mol. The van der Waals surface area contributed by atoms with Crippen molar-refractivity contribution < 1.29 is 13.6 Å². The van der Waals surface area contributed by atoms with E-state index in [1.807, 2.05) is 25.4 Å². The second kappa shape index (κ2) is 10.5. The molecule has 1 fully saturated rings. The second-order valence-electron chi connectivity index (χ2n) is 9.58. The SMILES string of the molecule is CC(CCc1ccccc1)C1C=Cc2c(cn(C)c2C(=O)Nc2ccc(F)c(F)c2)S(=NC2CC2)N1. The van der Waals surface area contributed by atoms with Gasteiger partial charge in [-0.15, -0.1) is 0 Å². The fraction of sp³-hybridized carbons (Fsp3) is 0.321. The number of carbonyl (C=O) groups is 1. The standard InChI is InChI=1S/C28H30F2N4OS/c1-18(8-9-19-6-4-3-5-7-19)25-15-13-22-26(36(33-25)32-20-10-11-20)17-34(2)27(22)28(35)31-21-12-14-23(29)24(30)16-21/h3-7,12-18,20,25H,8-11H2,1-2H3,(H,31,35)(H,32,33). The van der Waals surface area contributed by atoms with Gasteiger partial charge >= 0.3 is 0 Å². The summed E-state index contributed by atoms with van der Waals surface area (Å²) in [6.07, 6.45) is 10.3. The number of hydrogen-bond donors (Lipinski definition) is 2. The highest BCUT2D eigenvalue weighted by Gasteiger charge is 2.29. The summed E-state index contributed by atoms with van der Waals surface area (Å²) in [6, 6.07) is 14.3. The van der Waals surface area contributed by atoms with Crippen LogP contribution >= 0.6 is 0 Å². The van der Waals surface area contributed by atoms with Gasteiger partial charge in [0.2, 0.25) is 0 Å². The van der Waals surface area contributed by atoms with Crippen LogP contribution in [0.5, 0.6) is 0 Å². The smallest absolute Gasteiger partial charge is 0.272 e. The monoisotopic (exact) mass is 508 g/mol. The number of amides is 1. The van der Waals surface area contributed by atoms with E-state index in [9.17, 15) is 13.6 Å². The van der Waals surface area contributed by atoms with Gasteiger partial charge in [0.15, 0.2) is 11.6 Å². The van der Waals surface area contributed by atoms with Crippen LogP contribution in [0.2, 0.25) is 0 Å². The van der Waals surface area contributed by atoms with Crippen molar-refractivity contribution in [2.45, 2.75) is 49.6 Å². The molecule has 3 atom stereocenters. The Labute approximate surface area is 212 Å². The average molecular weight is 509 g/mol. The van der Waals surface area contributed by atoms with Crippen molar-refractivity contribution in [1.82, 2.24) is 9.29 Å². The lowest BCUT2D eigenvalue weighted by Gasteiger charge is -2.22. The summed E-state index contributed by atoms with van der Waals surface area (Å²) in [5.41, 5.74) is 2.81. The molecule has 3 aromatic rings. The minimum absolute atomic E-state index is 0.111. The van der Waals surface area contributed by atoms with Gasteiger partial charge in [-0.25, -0.2) is 17.9 Å². The number of aryl methyl sites for hydroxylation is 2. The number of nitrogens with zero attached hydrogens (tertiary/aromatic N) is 2. The van der Waals surface area contributed by atoms with E-state index >= 15 is 0 Å². The van der Waals surface area contributed by atoms with Crippen molar-refractivity contribution in [3.8, 4) is 0 Å². The number of halogens is 2. The molecule has 2 heterocycles. The van der Waals surface area contributed by atoms with Crippen LogP contribution in [0.15, 0.2) is 70.1 Å². The van der Waals surface area contributed by atoms with Crippen LogP contribution in [0.25, 0.3) is 6.08 Å². The molecular formula is C28H30F2N4OS. The third-order valence-corrected chi connectivity index (χ3v) is 8.39. The third-order valence-electron chi connectivity index (χ3n) is 6.65. The molecule has 0 spiro atoms. The van der Waals surface area contributed by atoms with Gasteiger partial charge in [0.05, 0.1) is 10.9 Å². The van der Waals surface area contributed by atoms with E-state index in [1.165, 1.54) is 11.6 Å². The van der Waals surface area contributed by atoms with Gasteiger partial charge in [0.25, 0.3) is 5.91 Å². The lowest BCUT2D eigenvalue weighted by molar-refractivity contribution is 0.101. The number of nitrogens with one attached hydrogen (secondary N) is 2. The Morgan fingerprint density at radius 1 is 1.19 bits per heavy atom. The fourth-order valence-corrected chi connectivity index (χ4v) is 6.36. The van der Waals surface area contributed by atoms with Gasteiger partial charge in [-0.1, -0.05) is 49.4 Å². The molecule has 0 bridgehead atoms. The minimum atomic E-state index is -1.00. The van der Waals surface area contributed by atoms with E-state index in [0.29, 0.717) is 17.7 Å². The summed E-state index contributed by atoms with van der Waals surface area (Å²) in [5, 5.41) is 2.72. The summed E-state index contributed by atoms with van der Waals surface area (Å²) >= 11 is 0. The molecule has 0 radical (unpaired) electrons. The number of aromatic nitrogens is 1. The van der Waals surface area contributed by atoms with Crippen molar-refractivity contribution in [3.63, 3.8) is 0 Å².